The largest absolute Gasteiger partial charge is 0.371 e. The van der Waals surface area contributed by atoms with Gasteiger partial charge in [-0.1, -0.05) is 12.1 Å². The number of hydrogen-bond acceptors (Lipinski definition) is 5. The molecule has 5 rings (SSSR count). The van der Waals surface area contributed by atoms with Gasteiger partial charge in [-0.2, -0.15) is 0 Å². The number of nitrogens with zero attached hydrogens (tertiary/aromatic N) is 2. The lowest BCUT2D eigenvalue weighted by Crippen LogP contribution is -2.53. The quantitative estimate of drug-likeness (QED) is 0.639. The van der Waals surface area contributed by atoms with Crippen molar-refractivity contribution in [2.75, 3.05) is 22.9 Å². The fourth-order valence-electron chi connectivity index (χ4n) is 4.78. The third-order valence-electron chi connectivity index (χ3n) is 6.30. The van der Waals surface area contributed by atoms with Gasteiger partial charge >= 0.3 is 0 Å². The second-order valence-electron chi connectivity index (χ2n) is 7.93. The Bertz CT molecular complexity index is 1060. The predicted molar refractivity (Wildman–Crippen MR) is 108 cm³/mol. The fourth-order valence-corrected chi connectivity index (χ4v) is 4.78. The van der Waals surface area contributed by atoms with Crippen LogP contribution in [0.4, 0.5) is 11.4 Å². The van der Waals surface area contributed by atoms with E-state index in [1.165, 1.54) is 0 Å². The molecule has 7 nitrogen and oxygen atoms in total. The maximum Gasteiger partial charge on any atom is 0.259 e. The van der Waals surface area contributed by atoms with Crippen molar-refractivity contribution in [3.05, 3.63) is 35.9 Å². The third-order valence-corrected chi connectivity index (χ3v) is 6.30. The van der Waals surface area contributed by atoms with Crippen LogP contribution < -0.4 is 15.1 Å². The number of aldehydes is 1. The number of benzene rings is 2. The summed E-state index contributed by atoms with van der Waals surface area (Å²) in [5.41, 5.74) is 2.36. The average molecular weight is 391 g/mol. The van der Waals surface area contributed by atoms with Crippen LogP contribution in [0.3, 0.4) is 0 Å². The van der Waals surface area contributed by atoms with Crippen LogP contribution >= 0.6 is 0 Å². The summed E-state index contributed by atoms with van der Waals surface area (Å²) >= 11 is 0. The molecular weight excluding hydrogens is 370 g/mol. The van der Waals surface area contributed by atoms with Gasteiger partial charge in [0.05, 0.1) is 5.69 Å². The highest BCUT2D eigenvalue weighted by Crippen LogP contribution is 2.43. The molecule has 2 saturated heterocycles. The second-order valence-corrected chi connectivity index (χ2v) is 7.93. The van der Waals surface area contributed by atoms with Crippen molar-refractivity contribution < 1.29 is 19.2 Å². The smallest absolute Gasteiger partial charge is 0.259 e. The molecule has 3 heterocycles. The topological polar surface area (TPSA) is 86.8 Å². The van der Waals surface area contributed by atoms with E-state index >= 15 is 0 Å². The summed E-state index contributed by atoms with van der Waals surface area (Å²) < 4.78 is 0. The van der Waals surface area contributed by atoms with Gasteiger partial charge in [0, 0.05) is 47.5 Å². The molecule has 1 N–H and O–H groups in total. The van der Waals surface area contributed by atoms with Crippen molar-refractivity contribution in [3.8, 4) is 0 Å². The number of imide groups is 1. The highest BCUT2D eigenvalue weighted by atomic mass is 16.2. The summed E-state index contributed by atoms with van der Waals surface area (Å²) in [7, 11) is 0. The molecule has 7 heteroatoms. The first-order valence-electron chi connectivity index (χ1n) is 10.0. The van der Waals surface area contributed by atoms with Crippen LogP contribution in [0.25, 0.3) is 10.8 Å². The summed E-state index contributed by atoms with van der Waals surface area (Å²) in [6.45, 7) is 1.60. The van der Waals surface area contributed by atoms with E-state index in [0.717, 1.165) is 54.4 Å². The van der Waals surface area contributed by atoms with Crippen LogP contribution in [0.1, 0.15) is 36.0 Å². The van der Waals surface area contributed by atoms with E-state index < -0.39 is 11.9 Å². The molecule has 148 valence electrons. The zero-order valence-corrected chi connectivity index (χ0v) is 15.9. The van der Waals surface area contributed by atoms with Gasteiger partial charge < -0.3 is 9.69 Å². The number of nitrogens with one attached hydrogen (secondary N) is 1. The van der Waals surface area contributed by atoms with Crippen molar-refractivity contribution in [2.45, 2.75) is 31.7 Å². The van der Waals surface area contributed by atoms with Crippen LogP contribution in [-0.4, -0.2) is 43.1 Å². The predicted octanol–water partition coefficient (Wildman–Crippen LogP) is 2.02. The molecule has 3 amide bonds. The number of anilines is 2. The Morgan fingerprint density at radius 1 is 0.966 bits per heavy atom. The van der Waals surface area contributed by atoms with Crippen LogP contribution in [0, 0.1) is 5.92 Å². The first-order chi connectivity index (χ1) is 14.1. The Labute approximate surface area is 167 Å². The van der Waals surface area contributed by atoms with Crippen molar-refractivity contribution in [1.29, 1.82) is 0 Å². The van der Waals surface area contributed by atoms with Crippen molar-refractivity contribution in [1.82, 2.24) is 5.32 Å². The van der Waals surface area contributed by atoms with Crippen molar-refractivity contribution in [3.63, 3.8) is 0 Å². The molecule has 29 heavy (non-hydrogen) atoms. The molecule has 3 aliphatic heterocycles. The Morgan fingerprint density at radius 3 is 2.45 bits per heavy atom. The van der Waals surface area contributed by atoms with Crippen molar-refractivity contribution in [2.24, 2.45) is 5.92 Å². The monoisotopic (exact) mass is 391 g/mol. The summed E-state index contributed by atoms with van der Waals surface area (Å²) in [5.74, 6) is -0.797. The number of carbonyl (C=O) groups is 4. The van der Waals surface area contributed by atoms with Gasteiger partial charge in [-0.25, -0.2) is 0 Å². The summed E-state index contributed by atoms with van der Waals surface area (Å²) in [6, 6.07) is 8.90. The zero-order chi connectivity index (χ0) is 20.1. The lowest BCUT2D eigenvalue weighted by Gasteiger charge is -2.33. The normalized spacial score (nSPS) is 22.3. The molecule has 0 saturated carbocycles. The Balaban J connectivity index is 1.56. The molecule has 0 spiro atoms. The van der Waals surface area contributed by atoms with Gasteiger partial charge in [0.25, 0.3) is 5.91 Å². The average Bonchev–Trinajstić information content (AvgIpc) is 3.02. The minimum atomic E-state index is -0.676. The van der Waals surface area contributed by atoms with Gasteiger partial charge in [-0.3, -0.25) is 24.6 Å². The molecule has 0 aromatic heterocycles. The Hall–Kier alpha value is -3.22. The van der Waals surface area contributed by atoms with Gasteiger partial charge in [-0.05, 0) is 37.5 Å². The molecule has 2 aromatic rings. The lowest BCUT2D eigenvalue weighted by molar-refractivity contribution is -0.134. The maximum absolute atomic E-state index is 13.2. The summed E-state index contributed by atoms with van der Waals surface area (Å²) in [5, 5.41) is 4.19. The number of carbonyl (C=O) groups excluding carboxylic acids is 4. The summed E-state index contributed by atoms with van der Waals surface area (Å²) in [6.07, 6.45) is 3.25. The molecule has 0 radical (unpaired) electrons. The molecule has 0 aliphatic carbocycles. The molecule has 1 unspecified atom stereocenters. The molecule has 2 aromatic carbocycles. The van der Waals surface area contributed by atoms with Crippen LogP contribution in [-0.2, 0) is 14.4 Å². The molecule has 1 atom stereocenters. The number of amides is 3. The second kappa shape index (κ2) is 6.69. The first-order valence-corrected chi connectivity index (χ1v) is 10.0. The van der Waals surface area contributed by atoms with Gasteiger partial charge in [0.2, 0.25) is 11.8 Å². The van der Waals surface area contributed by atoms with Gasteiger partial charge in [-0.15, -0.1) is 0 Å². The minimum Gasteiger partial charge on any atom is -0.371 e. The van der Waals surface area contributed by atoms with Crippen LogP contribution in [0.2, 0.25) is 0 Å². The SMILES string of the molecule is O=CC1CCN(c2ccc3c4c(cccc24)C(=O)N3C2CCC(=O)NC2=O)CC1. The molecule has 3 aliphatic rings. The van der Waals surface area contributed by atoms with E-state index in [1.54, 1.807) is 11.0 Å². The third kappa shape index (κ3) is 2.72. The highest BCUT2D eigenvalue weighted by molar-refractivity contribution is 6.28. The number of hydrogen-bond donors (Lipinski definition) is 1. The lowest BCUT2D eigenvalue weighted by atomic mass is 9.96. The molecule has 0 bridgehead atoms. The van der Waals surface area contributed by atoms with Crippen LogP contribution in [0.15, 0.2) is 30.3 Å². The van der Waals surface area contributed by atoms with Crippen molar-refractivity contribution >= 4 is 46.2 Å². The van der Waals surface area contributed by atoms with Gasteiger partial charge in [0.15, 0.2) is 0 Å². The van der Waals surface area contributed by atoms with E-state index in [9.17, 15) is 19.2 Å². The maximum atomic E-state index is 13.2. The van der Waals surface area contributed by atoms with E-state index in [-0.39, 0.29) is 24.2 Å². The van der Waals surface area contributed by atoms with E-state index in [1.807, 2.05) is 24.3 Å². The Morgan fingerprint density at radius 2 is 1.72 bits per heavy atom. The Kier molecular flexibility index (Phi) is 4.12. The number of piperidine rings is 2. The molecular formula is C22H21N3O4. The zero-order valence-electron chi connectivity index (χ0n) is 15.9. The first kappa shape index (κ1) is 17.8. The highest BCUT2D eigenvalue weighted by Gasteiger charge is 2.41. The standard InChI is InChI=1S/C22H21N3O4/c26-12-13-8-10-24(11-9-13)16-4-5-17-20-14(16)2-1-3-15(20)22(29)25(17)18-6-7-19(27)23-21(18)28/h1-5,12-13,18H,6-11H2,(H,23,27,28). The fraction of sp³-hybridized carbons (Fsp3) is 0.364. The van der Waals surface area contributed by atoms with Crippen LogP contribution in [0.5, 0.6) is 0 Å². The van der Waals surface area contributed by atoms with E-state index in [2.05, 4.69) is 10.2 Å². The molecule has 2 fully saturated rings. The van der Waals surface area contributed by atoms with E-state index in [0.29, 0.717) is 12.0 Å². The summed E-state index contributed by atoms with van der Waals surface area (Å²) in [4.78, 5) is 52.0. The minimum absolute atomic E-state index is 0.118. The number of rotatable bonds is 3. The van der Waals surface area contributed by atoms with Gasteiger partial charge in [0.1, 0.15) is 12.3 Å². The van der Waals surface area contributed by atoms with E-state index in [4.69, 9.17) is 0 Å².